The van der Waals surface area contributed by atoms with Crippen molar-refractivity contribution in [3.05, 3.63) is 12.2 Å². The fraction of sp³-hybridized carbons (Fsp3) is 0.870. The lowest BCUT2D eigenvalue weighted by Crippen LogP contribution is -2.58. The van der Waals surface area contributed by atoms with E-state index in [0.29, 0.717) is 6.42 Å². The van der Waals surface area contributed by atoms with Gasteiger partial charge in [0, 0.05) is 11.1 Å². The summed E-state index contributed by atoms with van der Waals surface area (Å²) >= 11 is 0. The summed E-state index contributed by atoms with van der Waals surface area (Å²) in [5.41, 5.74) is -0.561. The minimum absolute atomic E-state index is 0.00749. The van der Waals surface area contributed by atoms with Crippen molar-refractivity contribution < 1.29 is 19.5 Å². The van der Waals surface area contributed by atoms with E-state index in [4.69, 9.17) is 9.57 Å². The lowest BCUT2D eigenvalue weighted by Gasteiger charge is -2.52. The Bertz CT molecular complexity index is 560. The normalized spacial score (nSPS) is 31.8. The number of carbonyl (C=O) groups excluding carboxylic acids is 1. The minimum atomic E-state index is -0.638. The number of aliphatic hydroxyl groups is 1. The smallest absolute Gasteiger partial charge is 0.312 e. The van der Waals surface area contributed by atoms with Crippen LogP contribution in [0.15, 0.2) is 12.2 Å². The minimum Gasteiger partial charge on any atom is -0.460 e. The van der Waals surface area contributed by atoms with Crippen LogP contribution in [-0.2, 0) is 14.4 Å². The number of hydrogen-bond donors (Lipinski definition) is 1. The number of carbonyl (C=O) groups is 1. The summed E-state index contributed by atoms with van der Waals surface area (Å²) in [4.78, 5) is 18.9. The number of piperidine rings is 1. The lowest BCUT2D eigenvalue weighted by atomic mass is 9.82. The molecule has 0 unspecified atom stereocenters. The third-order valence-corrected chi connectivity index (χ3v) is 5.93. The van der Waals surface area contributed by atoms with Gasteiger partial charge in [-0.25, -0.2) is 0 Å². The van der Waals surface area contributed by atoms with E-state index in [9.17, 15) is 9.90 Å². The summed E-state index contributed by atoms with van der Waals surface area (Å²) in [7, 11) is 0. The van der Waals surface area contributed by atoms with Gasteiger partial charge in [0.2, 0.25) is 0 Å². The van der Waals surface area contributed by atoms with E-state index < -0.39 is 17.6 Å². The zero-order valence-corrected chi connectivity index (χ0v) is 19.1. The number of rotatable bonds is 5. The predicted octanol–water partition coefficient (Wildman–Crippen LogP) is 4.63. The van der Waals surface area contributed by atoms with Crippen molar-refractivity contribution in [2.45, 2.75) is 116 Å². The van der Waals surface area contributed by atoms with Gasteiger partial charge < -0.3 is 9.84 Å². The van der Waals surface area contributed by atoms with Crippen molar-refractivity contribution >= 4 is 5.97 Å². The van der Waals surface area contributed by atoms with Gasteiger partial charge in [-0.1, -0.05) is 12.2 Å². The third-order valence-electron chi connectivity index (χ3n) is 5.93. The number of nitrogens with zero attached hydrogens (tertiary/aromatic N) is 1. The molecule has 2 rings (SSSR count). The first-order valence-electron chi connectivity index (χ1n) is 10.8. The molecule has 162 valence electrons. The molecule has 0 bridgehead atoms. The molecule has 0 aromatic heterocycles. The van der Waals surface area contributed by atoms with Gasteiger partial charge in [0.1, 0.15) is 5.60 Å². The van der Waals surface area contributed by atoms with Gasteiger partial charge >= 0.3 is 5.97 Å². The Balaban J connectivity index is 2.04. The molecule has 1 N–H and O–H groups in total. The first kappa shape index (κ1) is 23.4. The number of hydroxylamine groups is 2. The fourth-order valence-corrected chi connectivity index (χ4v) is 4.69. The Morgan fingerprint density at radius 2 is 1.71 bits per heavy atom. The first-order valence-corrected chi connectivity index (χ1v) is 10.8. The Hall–Kier alpha value is -0.910. The van der Waals surface area contributed by atoms with Gasteiger partial charge in [0.15, 0.2) is 0 Å². The highest BCUT2D eigenvalue weighted by Gasteiger charge is 2.44. The summed E-state index contributed by atoms with van der Waals surface area (Å²) in [6.07, 6.45) is 8.18. The molecule has 0 aromatic carbocycles. The van der Waals surface area contributed by atoms with Crippen LogP contribution in [0.1, 0.15) is 87.5 Å². The van der Waals surface area contributed by atoms with Crippen LogP contribution >= 0.6 is 0 Å². The Labute approximate surface area is 171 Å². The zero-order valence-electron chi connectivity index (χ0n) is 19.1. The summed E-state index contributed by atoms with van der Waals surface area (Å²) in [6, 6.07) is 0. The number of esters is 1. The first-order chi connectivity index (χ1) is 12.7. The molecular formula is C23H41NO4. The van der Waals surface area contributed by atoms with E-state index >= 15 is 0 Å². The molecule has 0 radical (unpaired) electrons. The van der Waals surface area contributed by atoms with Gasteiger partial charge in [-0.15, -0.1) is 0 Å². The zero-order chi connectivity index (χ0) is 21.3. The van der Waals surface area contributed by atoms with Crippen molar-refractivity contribution in [2.75, 3.05) is 0 Å². The Morgan fingerprint density at radius 1 is 1.14 bits per heavy atom. The summed E-state index contributed by atoms with van der Waals surface area (Å²) in [5.74, 6) is -0.817. The van der Waals surface area contributed by atoms with E-state index in [2.05, 4.69) is 32.8 Å². The molecule has 5 nitrogen and oxygen atoms in total. The van der Waals surface area contributed by atoms with E-state index in [1.165, 1.54) is 6.42 Å². The standard InChI is InChI=1S/C23H41NO4/c1-16(28-24-22(5,6)14-9-15-23(24,7)8)10-11-17-12-13-18(25)19(17)20(26)27-21(2,3)4/h10-11,16-19,25H,9,12-15H2,1-8H3/t16-,17-,18-,19+/m0/s1. The van der Waals surface area contributed by atoms with Gasteiger partial charge in [-0.05, 0) is 93.4 Å². The van der Waals surface area contributed by atoms with Crippen LogP contribution in [0.2, 0.25) is 0 Å². The van der Waals surface area contributed by atoms with Gasteiger partial charge in [-0.2, -0.15) is 5.06 Å². The highest BCUT2D eigenvalue weighted by atomic mass is 16.7. The average molecular weight is 396 g/mol. The van der Waals surface area contributed by atoms with Crippen molar-refractivity contribution in [3.63, 3.8) is 0 Å². The maximum atomic E-state index is 12.6. The molecule has 1 saturated carbocycles. The van der Waals surface area contributed by atoms with E-state index in [1.54, 1.807) is 0 Å². The predicted molar refractivity (Wildman–Crippen MR) is 112 cm³/mol. The van der Waals surface area contributed by atoms with E-state index in [0.717, 1.165) is 19.3 Å². The molecular weight excluding hydrogens is 354 g/mol. The van der Waals surface area contributed by atoms with Crippen LogP contribution in [0.25, 0.3) is 0 Å². The van der Waals surface area contributed by atoms with E-state index in [1.807, 2.05) is 39.8 Å². The molecule has 1 saturated heterocycles. The molecule has 1 aliphatic heterocycles. The van der Waals surface area contributed by atoms with Crippen LogP contribution in [0.4, 0.5) is 0 Å². The average Bonchev–Trinajstić information content (AvgIpc) is 2.88. The second kappa shape index (κ2) is 8.45. The summed E-state index contributed by atoms with van der Waals surface area (Å²) in [6.45, 7) is 16.5. The van der Waals surface area contributed by atoms with Crippen molar-refractivity contribution in [2.24, 2.45) is 11.8 Å². The van der Waals surface area contributed by atoms with Gasteiger partial charge in [0.05, 0.1) is 18.1 Å². The molecule has 1 heterocycles. The lowest BCUT2D eigenvalue weighted by molar-refractivity contribution is -0.293. The summed E-state index contributed by atoms with van der Waals surface area (Å²) in [5, 5.41) is 12.5. The van der Waals surface area contributed by atoms with Crippen LogP contribution in [0, 0.1) is 11.8 Å². The second-order valence-corrected chi connectivity index (χ2v) is 10.8. The molecule has 1 aliphatic carbocycles. The fourth-order valence-electron chi connectivity index (χ4n) is 4.69. The number of ether oxygens (including phenoxy) is 1. The Kier molecular flexibility index (Phi) is 7.05. The van der Waals surface area contributed by atoms with Crippen LogP contribution in [0.5, 0.6) is 0 Å². The molecule has 5 heteroatoms. The van der Waals surface area contributed by atoms with Crippen LogP contribution in [0.3, 0.4) is 0 Å². The van der Waals surface area contributed by atoms with Crippen molar-refractivity contribution in [3.8, 4) is 0 Å². The van der Waals surface area contributed by atoms with Gasteiger partial charge in [0.25, 0.3) is 0 Å². The maximum absolute atomic E-state index is 12.6. The largest absolute Gasteiger partial charge is 0.460 e. The molecule has 2 aliphatic rings. The monoisotopic (exact) mass is 395 g/mol. The molecule has 2 fully saturated rings. The third kappa shape index (κ3) is 5.80. The molecule has 4 atom stereocenters. The number of hydrogen-bond acceptors (Lipinski definition) is 5. The second-order valence-electron chi connectivity index (χ2n) is 10.8. The molecule has 0 amide bonds. The topological polar surface area (TPSA) is 59.0 Å². The highest BCUT2D eigenvalue weighted by Crippen LogP contribution is 2.39. The van der Waals surface area contributed by atoms with Crippen molar-refractivity contribution in [1.29, 1.82) is 0 Å². The SMILES string of the molecule is C[C@@H](C=C[C@H]1CC[C@H](O)[C@@H]1C(=O)OC(C)(C)C)ON1C(C)(C)CCCC1(C)C. The van der Waals surface area contributed by atoms with Crippen molar-refractivity contribution in [1.82, 2.24) is 5.06 Å². The highest BCUT2D eigenvalue weighted by molar-refractivity contribution is 5.74. The quantitative estimate of drug-likeness (QED) is 0.543. The Morgan fingerprint density at radius 3 is 2.25 bits per heavy atom. The number of aliphatic hydroxyl groups excluding tert-OH is 1. The maximum Gasteiger partial charge on any atom is 0.312 e. The van der Waals surface area contributed by atoms with E-state index in [-0.39, 0.29) is 29.1 Å². The van der Waals surface area contributed by atoms with Crippen LogP contribution < -0.4 is 0 Å². The van der Waals surface area contributed by atoms with Gasteiger partial charge in [-0.3, -0.25) is 9.63 Å². The molecule has 0 spiro atoms. The van der Waals surface area contributed by atoms with Crippen LogP contribution in [-0.4, -0.2) is 45.0 Å². The molecule has 0 aromatic rings. The number of allylic oxidation sites excluding steroid dienone is 1. The molecule has 28 heavy (non-hydrogen) atoms. The summed E-state index contributed by atoms with van der Waals surface area (Å²) < 4.78 is 5.53.